The number of anilines is 1. The van der Waals surface area contributed by atoms with Crippen LogP contribution in [0.3, 0.4) is 0 Å². The minimum absolute atomic E-state index is 0.0298. The Labute approximate surface area is 253 Å². The van der Waals surface area contributed by atoms with E-state index in [2.05, 4.69) is 67.9 Å². The lowest BCUT2D eigenvalue weighted by atomic mass is 9.97. The molecular weight excluding hydrogens is 564 g/mol. The number of thiophene rings is 1. The molecule has 0 spiro atoms. The van der Waals surface area contributed by atoms with E-state index >= 15 is 0 Å². The predicted molar refractivity (Wildman–Crippen MR) is 164 cm³/mol. The largest absolute Gasteiger partial charge is 0.352 e. The zero-order valence-corrected chi connectivity index (χ0v) is 25.1. The molecule has 2 unspecified atom stereocenters. The molecule has 4 aromatic rings. The average Bonchev–Trinajstić information content (AvgIpc) is 3.76. The molecule has 0 saturated carbocycles. The second kappa shape index (κ2) is 12.6. The number of hydrogen-bond acceptors (Lipinski definition) is 8. The van der Waals surface area contributed by atoms with E-state index in [1.165, 1.54) is 4.70 Å². The summed E-state index contributed by atoms with van der Waals surface area (Å²) < 4.78 is 1.17. The molecule has 2 aliphatic rings. The number of hydrogen-bond donors (Lipinski definition) is 4. The Bertz CT molecular complexity index is 1620. The van der Waals surface area contributed by atoms with Gasteiger partial charge in [-0.3, -0.25) is 19.3 Å². The molecule has 2 aromatic heterocycles. The van der Waals surface area contributed by atoms with Gasteiger partial charge in [0.25, 0.3) is 0 Å². The third-order valence-corrected chi connectivity index (χ3v) is 9.71. The molecule has 0 bridgehead atoms. The lowest BCUT2D eigenvalue weighted by Crippen LogP contribution is -2.56. The summed E-state index contributed by atoms with van der Waals surface area (Å²) in [4.78, 5) is 42.3. The quantitative estimate of drug-likeness (QED) is 0.207. The van der Waals surface area contributed by atoms with Crippen LogP contribution in [0, 0.1) is 5.92 Å². The molecule has 11 nitrogen and oxygen atoms in total. The van der Waals surface area contributed by atoms with Crippen LogP contribution in [0.25, 0.3) is 10.1 Å². The number of aromatic amines is 1. The lowest BCUT2D eigenvalue weighted by Gasteiger charge is -2.30. The summed E-state index contributed by atoms with van der Waals surface area (Å²) in [5.74, 6) is 0.166. The van der Waals surface area contributed by atoms with Crippen LogP contribution in [0.5, 0.6) is 0 Å². The van der Waals surface area contributed by atoms with Crippen molar-refractivity contribution < 1.29 is 14.4 Å². The van der Waals surface area contributed by atoms with Crippen molar-refractivity contribution in [2.45, 2.75) is 70.6 Å². The molecule has 224 valence electrons. The summed E-state index contributed by atoms with van der Waals surface area (Å²) in [7, 11) is 0. The third kappa shape index (κ3) is 6.02. The van der Waals surface area contributed by atoms with Crippen molar-refractivity contribution in [1.82, 2.24) is 36.6 Å². The summed E-state index contributed by atoms with van der Waals surface area (Å²) in [6, 6.07) is 12.9. The second-order valence-corrected chi connectivity index (χ2v) is 12.3. The van der Waals surface area contributed by atoms with E-state index in [1.807, 2.05) is 30.3 Å². The number of aromatic nitrogens is 4. The van der Waals surface area contributed by atoms with E-state index in [9.17, 15) is 14.4 Å². The van der Waals surface area contributed by atoms with Gasteiger partial charge >= 0.3 is 0 Å². The van der Waals surface area contributed by atoms with Crippen molar-refractivity contribution in [2.24, 2.45) is 5.92 Å². The van der Waals surface area contributed by atoms with Crippen molar-refractivity contribution in [3.8, 4) is 0 Å². The van der Waals surface area contributed by atoms with Crippen molar-refractivity contribution in [3.05, 3.63) is 70.4 Å². The first-order chi connectivity index (χ1) is 20.9. The number of H-pyrrole nitrogens is 1. The Morgan fingerprint density at radius 1 is 1.16 bits per heavy atom. The standard InChI is InChI=1S/C31H36N8O3S/c1-3-18(2)24(34-28(40)14-21-17-43-26-10-5-4-9-22(21)26)15-32-23-12-11-19-7-6-8-20-13-25(39(29(19)20)31(23)42)30(41)33-16-27-35-37-38-36-27/h4-10,17-18,23-25,32H,3,11-16H2,1-2H3,(H,33,41)(H,34,40)(H,35,36,37,38)/t18?,23-,24?,25-/m0/s1. The summed E-state index contributed by atoms with van der Waals surface area (Å²) >= 11 is 1.65. The molecule has 3 amide bonds. The molecule has 0 fully saturated rings. The number of carbonyl (C=O) groups is 3. The molecule has 0 saturated heterocycles. The molecule has 4 atom stereocenters. The number of aryl methyl sites for hydroxylation is 1. The van der Waals surface area contributed by atoms with Gasteiger partial charge in [-0.15, -0.1) is 21.5 Å². The number of amides is 3. The average molecular weight is 601 g/mol. The highest BCUT2D eigenvalue weighted by atomic mass is 32.1. The Balaban J connectivity index is 1.14. The maximum Gasteiger partial charge on any atom is 0.244 e. The maximum absolute atomic E-state index is 14.1. The fraction of sp³-hybridized carbons (Fsp3) is 0.419. The number of rotatable bonds is 11. The van der Waals surface area contributed by atoms with E-state index in [0.29, 0.717) is 38.1 Å². The van der Waals surface area contributed by atoms with Crippen LogP contribution in [0.1, 0.15) is 49.2 Å². The van der Waals surface area contributed by atoms with Gasteiger partial charge in [0, 0.05) is 23.7 Å². The molecule has 4 heterocycles. The van der Waals surface area contributed by atoms with Crippen LogP contribution >= 0.6 is 11.3 Å². The molecule has 0 aliphatic carbocycles. The van der Waals surface area contributed by atoms with Crippen LogP contribution in [0.15, 0.2) is 47.8 Å². The summed E-state index contributed by atoms with van der Waals surface area (Å²) in [6.45, 7) is 4.80. The van der Waals surface area contributed by atoms with E-state index in [1.54, 1.807) is 16.2 Å². The Morgan fingerprint density at radius 3 is 2.81 bits per heavy atom. The molecule has 2 aliphatic heterocycles. The van der Waals surface area contributed by atoms with Gasteiger partial charge in [-0.25, -0.2) is 0 Å². The number of tetrazole rings is 1. The van der Waals surface area contributed by atoms with Gasteiger partial charge in [-0.2, -0.15) is 5.21 Å². The van der Waals surface area contributed by atoms with Crippen LogP contribution in [-0.4, -0.2) is 63.0 Å². The minimum atomic E-state index is -0.663. The van der Waals surface area contributed by atoms with E-state index < -0.39 is 12.1 Å². The van der Waals surface area contributed by atoms with E-state index in [4.69, 9.17) is 0 Å². The SMILES string of the molecule is CCC(C)C(CN[C@H]1CCc2cccc3c2N(C1=O)[C@H](C(=O)NCc1nn[nH]n1)C3)NC(=O)Cc1csc2ccccc12. The van der Waals surface area contributed by atoms with Gasteiger partial charge in [0.15, 0.2) is 5.82 Å². The number of benzene rings is 2. The minimum Gasteiger partial charge on any atom is -0.352 e. The van der Waals surface area contributed by atoms with E-state index in [0.717, 1.165) is 34.2 Å². The van der Waals surface area contributed by atoms with Gasteiger partial charge in [0.05, 0.1) is 24.7 Å². The van der Waals surface area contributed by atoms with Gasteiger partial charge in [-0.05, 0) is 52.3 Å². The smallest absolute Gasteiger partial charge is 0.244 e. The summed E-state index contributed by atoms with van der Waals surface area (Å²) in [5.41, 5.74) is 3.95. The van der Waals surface area contributed by atoms with Crippen molar-refractivity contribution >= 4 is 44.8 Å². The summed E-state index contributed by atoms with van der Waals surface area (Å²) in [6.07, 6.45) is 2.96. The zero-order chi connectivity index (χ0) is 29.9. The van der Waals surface area contributed by atoms with Crippen LogP contribution in [-0.2, 0) is 40.2 Å². The first-order valence-corrected chi connectivity index (χ1v) is 15.7. The molecular formula is C31H36N8O3S. The van der Waals surface area contributed by atoms with Crippen molar-refractivity contribution in [3.63, 3.8) is 0 Å². The van der Waals surface area contributed by atoms with Crippen LogP contribution in [0.2, 0.25) is 0 Å². The molecule has 0 radical (unpaired) electrons. The molecule has 12 heteroatoms. The Hall–Kier alpha value is -4.16. The van der Waals surface area contributed by atoms with Crippen molar-refractivity contribution in [1.29, 1.82) is 0 Å². The molecule has 2 aromatic carbocycles. The lowest BCUT2D eigenvalue weighted by molar-refractivity contribution is -0.127. The number of carbonyl (C=O) groups excluding carboxylic acids is 3. The first-order valence-electron chi connectivity index (χ1n) is 14.8. The number of nitrogens with zero attached hydrogens (tertiary/aromatic N) is 4. The maximum atomic E-state index is 14.1. The highest BCUT2D eigenvalue weighted by Crippen LogP contribution is 2.39. The zero-order valence-electron chi connectivity index (χ0n) is 24.3. The fourth-order valence-electron chi connectivity index (χ4n) is 6.12. The molecule has 4 N–H and O–H groups in total. The Kier molecular flexibility index (Phi) is 8.48. The number of para-hydroxylation sites is 1. The second-order valence-electron chi connectivity index (χ2n) is 11.4. The highest BCUT2D eigenvalue weighted by molar-refractivity contribution is 7.17. The van der Waals surface area contributed by atoms with Gasteiger partial charge < -0.3 is 16.0 Å². The number of nitrogens with one attached hydrogen (secondary N) is 4. The third-order valence-electron chi connectivity index (χ3n) is 8.69. The van der Waals surface area contributed by atoms with Crippen LogP contribution < -0.4 is 20.9 Å². The summed E-state index contributed by atoms with van der Waals surface area (Å²) in [5, 5.41) is 26.5. The van der Waals surface area contributed by atoms with Crippen molar-refractivity contribution in [2.75, 3.05) is 11.4 Å². The fourth-order valence-corrected chi connectivity index (χ4v) is 7.08. The van der Waals surface area contributed by atoms with Gasteiger partial charge in [0.1, 0.15) is 6.04 Å². The first kappa shape index (κ1) is 28.9. The van der Waals surface area contributed by atoms with E-state index in [-0.39, 0.29) is 36.2 Å². The topological polar surface area (TPSA) is 145 Å². The van der Waals surface area contributed by atoms with Gasteiger partial charge in [-0.1, -0.05) is 61.9 Å². The van der Waals surface area contributed by atoms with Gasteiger partial charge in [0.2, 0.25) is 17.7 Å². The monoisotopic (exact) mass is 600 g/mol. The predicted octanol–water partition coefficient (Wildman–Crippen LogP) is 2.67. The highest BCUT2D eigenvalue weighted by Gasteiger charge is 2.43. The molecule has 6 rings (SSSR count). The normalized spacial score (nSPS) is 19.1. The van der Waals surface area contributed by atoms with Crippen LogP contribution in [0.4, 0.5) is 5.69 Å². The molecule has 43 heavy (non-hydrogen) atoms. The Morgan fingerprint density at radius 2 is 2.00 bits per heavy atom. The number of fused-ring (bicyclic) bond motifs is 1.